The van der Waals surface area contributed by atoms with Crippen molar-refractivity contribution in [2.75, 3.05) is 5.73 Å². The molecule has 1 aromatic heterocycles. The number of nitro groups is 1. The molecule has 0 aromatic carbocycles. The van der Waals surface area contributed by atoms with Gasteiger partial charge in [-0.1, -0.05) is 13.3 Å². The summed E-state index contributed by atoms with van der Waals surface area (Å²) in [6.07, 6.45) is 4.08. The molecule has 0 radical (unpaired) electrons. The zero-order valence-electron chi connectivity index (χ0n) is 10.6. The second-order valence-electron chi connectivity index (χ2n) is 4.75. The van der Waals surface area contributed by atoms with E-state index in [1.807, 2.05) is 0 Å². The van der Waals surface area contributed by atoms with Crippen molar-refractivity contribution in [3.8, 4) is 0 Å². The number of hydrogen-bond donors (Lipinski definition) is 2. The summed E-state index contributed by atoms with van der Waals surface area (Å²) in [6, 6.07) is 1.37. The molecule has 2 atom stereocenters. The first kappa shape index (κ1) is 13.3. The first-order valence-corrected chi connectivity index (χ1v) is 6.23. The molecule has 19 heavy (non-hydrogen) atoms. The van der Waals surface area contributed by atoms with Crippen molar-refractivity contribution in [1.82, 2.24) is 10.3 Å². The van der Waals surface area contributed by atoms with E-state index in [1.54, 1.807) is 0 Å². The first-order chi connectivity index (χ1) is 9.02. The van der Waals surface area contributed by atoms with Crippen LogP contribution in [-0.4, -0.2) is 21.9 Å². The van der Waals surface area contributed by atoms with E-state index in [2.05, 4.69) is 17.2 Å². The molecule has 0 spiro atoms. The number of anilines is 1. The number of nitrogens with one attached hydrogen (secondary N) is 1. The summed E-state index contributed by atoms with van der Waals surface area (Å²) in [6.45, 7) is 2.09. The van der Waals surface area contributed by atoms with Crippen molar-refractivity contribution in [3.05, 3.63) is 27.9 Å². The SMILES string of the molecule is CCCC1CC1NC(=O)c1cc(N)ncc1[N+](=O)[O-]. The third kappa shape index (κ3) is 2.98. The predicted molar refractivity (Wildman–Crippen MR) is 69.6 cm³/mol. The topological polar surface area (TPSA) is 111 Å². The third-order valence-electron chi connectivity index (χ3n) is 3.24. The van der Waals surface area contributed by atoms with E-state index in [1.165, 1.54) is 6.07 Å². The Morgan fingerprint density at radius 2 is 2.42 bits per heavy atom. The van der Waals surface area contributed by atoms with Crippen molar-refractivity contribution in [3.63, 3.8) is 0 Å². The lowest BCUT2D eigenvalue weighted by Crippen LogP contribution is -2.27. The highest BCUT2D eigenvalue weighted by atomic mass is 16.6. The standard InChI is InChI=1S/C12H16N4O3/c1-2-3-7-4-9(7)15-12(17)8-5-11(13)14-6-10(8)16(18)19/h5-7,9H,2-4H2,1H3,(H2,13,14)(H,15,17). The second kappa shape index (κ2) is 5.21. The molecule has 1 aliphatic carbocycles. The van der Waals surface area contributed by atoms with Crippen LogP contribution in [0.15, 0.2) is 12.3 Å². The summed E-state index contributed by atoms with van der Waals surface area (Å²) in [4.78, 5) is 25.9. The van der Waals surface area contributed by atoms with Gasteiger partial charge in [0.15, 0.2) is 0 Å². The summed E-state index contributed by atoms with van der Waals surface area (Å²) in [5.41, 5.74) is 5.13. The lowest BCUT2D eigenvalue weighted by Gasteiger charge is -2.05. The van der Waals surface area contributed by atoms with E-state index in [-0.39, 0.29) is 23.1 Å². The third-order valence-corrected chi connectivity index (χ3v) is 3.24. The van der Waals surface area contributed by atoms with Crippen molar-refractivity contribution in [2.45, 2.75) is 32.2 Å². The van der Waals surface area contributed by atoms with Gasteiger partial charge in [0, 0.05) is 6.04 Å². The van der Waals surface area contributed by atoms with Crippen LogP contribution >= 0.6 is 0 Å². The molecular weight excluding hydrogens is 248 g/mol. The van der Waals surface area contributed by atoms with Crippen LogP contribution in [0.1, 0.15) is 36.5 Å². The van der Waals surface area contributed by atoms with Crippen molar-refractivity contribution >= 4 is 17.4 Å². The summed E-state index contributed by atoms with van der Waals surface area (Å²) >= 11 is 0. The molecule has 2 rings (SSSR count). The molecule has 1 heterocycles. The highest BCUT2D eigenvalue weighted by molar-refractivity contribution is 5.99. The van der Waals surface area contributed by atoms with Gasteiger partial charge in [0.1, 0.15) is 17.6 Å². The van der Waals surface area contributed by atoms with E-state index in [9.17, 15) is 14.9 Å². The van der Waals surface area contributed by atoms with Gasteiger partial charge in [-0.2, -0.15) is 0 Å². The molecule has 1 fully saturated rings. The fourth-order valence-electron chi connectivity index (χ4n) is 2.15. The molecule has 7 heteroatoms. The molecule has 0 saturated heterocycles. The molecule has 1 aliphatic rings. The maximum absolute atomic E-state index is 12.0. The minimum atomic E-state index is -0.627. The van der Waals surface area contributed by atoms with Gasteiger partial charge in [0.2, 0.25) is 0 Å². The number of amides is 1. The minimum absolute atomic E-state index is 0.0281. The Morgan fingerprint density at radius 3 is 3.05 bits per heavy atom. The average Bonchev–Trinajstić information content (AvgIpc) is 3.07. The maximum atomic E-state index is 12.0. The van der Waals surface area contributed by atoms with E-state index < -0.39 is 10.8 Å². The molecule has 1 saturated carbocycles. The van der Waals surface area contributed by atoms with Crippen LogP contribution in [-0.2, 0) is 0 Å². The molecule has 3 N–H and O–H groups in total. The van der Waals surface area contributed by atoms with Gasteiger partial charge in [0.05, 0.1) is 4.92 Å². The van der Waals surface area contributed by atoms with E-state index >= 15 is 0 Å². The van der Waals surface area contributed by atoms with Gasteiger partial charge >= 0.3 is 0 Å². The van der Waals surface area contributed by atoms with Crippen molar-refractivity contribution < 1.29 is 9.72 Å². The van der Waals surface area contributed by atoms with Gasteiger partial charge in [0.25, 0.3) is 11.6 Å². The Bertz CT molecular complexity index is 518. The fourth-order valence-corrected chi connectivity index (χ4v) is 2.15. The van der Waals surface area contributed by atoms with E-state index in [4.69, 9.17) is 5.73 Å². The minimum Gasteiger partial charge on any atom is -0.384 e. The molecule has 2 unspecified atom stereocenters. The fraction of sp³-hybridized carbons (Fsp3) is 0.500. The van der Waals surface area contributed by atoms with Gasteiger partial charge < -0.3 is 11.1 Å². The van der Waals surface area contributed by atoms with Crippen LogP contribution in [0.2, 0.25) is 0 Å². The number of nitrogens with two attached hydrogens (primary N) is 1. The number of nitrogens with zero attached hydrogens (tertiary/aromatic N) is 2. The molecule has 102 valence electrons. The highest BCUT2D eigenvalue weighted by Gasteiger charge is 2.38. The largest absolute Gasteiger partial charge is 0.384 e. The molecule has 1 aromatic rings. The Hall–Kier alpha value is -2.18. The number of nitrogen functional groups attached to an aromatic ring is 1. The first-order valence-electron chi connectivity index (χ1n) is 6.23. The number of aromatic nitrogens is 1. The highest BCUT2D eigenvalue weighted by Crippen LogP contribution is 2.35. The monoisotopic (exact) mass is 264 g/mol. The van der Waals surface area contributed by atoms with Gasteiger partial charge in [-0.05, 0) is 24.8 Å². The quantitative estimate of drug-likeness (QED) is 0.618. The lowest BCUT2D eigenvalue weighted by molar-refractivity contribution is -0.385. The normalized spacial score (nSPS) is 20.9. The number of hydrogen-bond acceptors (Lipinski definition) is 5. The van der Waals surface area contributed by atoms with Crippen LogP contribution < -0.4 is 11.1 Å². The molecular formula is C12H16N4O3. The summed E-state index contributed by atoms with van der Waals surface area (Å²) < 4.78 is 0. The molecule has 0 aliphatic heterocycles. The summed E-state index contributed by atoms with van der Waals surface area (Å²) in [5, 5.41) is 13.7. The van der Waals surface area contributed by atoms with Crippen LogP contribution in [0.25, 0.3) is 0 Å². The number of carbonyl (C=O) groups excluding carboxylic acids is 1. The van der Waals surface area contributed by atoms with Crippen molar-refractivity contribution in [2.24, 2.45) is 5.92 Å². The van der Waals surface area contributed by atoms with Gasteiger partial charge in [-0.15, -0.1) is 0 Å². The zero-order valence-corrected chi connectivity index (χ0v) is 10.6. The van der Waals surface area contributed by atoms with Gasteiger partial charge in [-0.25, -0.2) is 4.98 Å². The van der Waals surface area contributed by atoms with Crippen LogP contribution in [0.3, 0.4) is 0 Å². The molecule has 7 nitrogen and oxygen atoms in total. The van der Waals surface area contributed by atoms with E-state index in [0.717, 1.165) is 25.5 Å². The van der Waals surface area contributed by atoms with Crippen LogP contribution in [0.4, 0.5) is 11.5 Å². The van der Waals surface area contributed by atoms with Crippen LogP contribution in [0, 0.1) is 16.0 Å². The Morgan fingerprint density at radius 1 is 1.68 bits per heavy atom. The zero-order chi connectivity index (χ0) is 14.0. The molecule has 0 bridgehead atoms. The number of rotatable bonds is 5. The molecule has 1 amide bonds. The van der Waals surface area contributed by atoms with Crippen molar-refractivity contribution in [1.29, 1.82) is 0 Å². The Kier molecular flexibility index (Phi) is 3.64. The smallest absolute Gasteiger partial charge is 0.300 e. The van der Waals surface area contributed by atoms with E-state index in [0.29, 0.717) is 5.92 Å². The average molecular weight is 264 g/mol. The summed E-state index contributed by atoms with van der Waals surface area (Å²) in [5.74, 6) is 0.133. The second-order valence-corrected chi connectivity index (χ2v) is 4.75. The number of pyridine rings is 1. The Labute approximate surface area is 110 Å². The summed E-state index contributed by atoms with van der Waals surface area (Å²) in [7, 11) is 0. The predicted octanol–water partition coefficient (Wildman–Crippen LogP) is 1.49. The van der Waals surface area contributed by atoms with Gasteiger partial charge in [-0.3, -0.25) is 14.9 Å². The number of carbonyl (C=O) groups is 1. The lowest BCUT2D eigenvalue weighted by atomic mass is 10.2. The Balaban J connectivity index is 2.11. The maximum Gasteiger partial charge on any atom is 0.300 e. The van der Waals surface area contributed by atoms with Crippen LogP contribution in [0.5, 0.6) is 0 Å².